The highest BCUT2D eigenvalue weighted by Gasteiger charge is 2.72. The molecular formula is C34H32F6N2O6. The second-order valence-electron chi connectivity index (χ2n) is 10.3. The number of amides is 2. The van der Waals surface area contributed by atoms with Crippen molar-refractivity contribution >= 4 is 36.4 Å². The zero-order valence-corrected chi connectivity index (χ0v) is 26.4. The number of halogens is 6. The van der Waals surface area contributed by atoms with Gasteiger partial charge in [0.2, 0.25) is 5.41 Å². The van der Waals surface area contributed by atoms with Crippen LogP contribution in [0, 0.1) is 0 Å². The maximum absolute atomic E-state index is 14.9. The van der Waals surface area contributed by atoms with E-state index >= 15 is 0 Å². The largest absolute Gasteiger partial charge is 0.411 e. The normalized spacial score (nSPS) is 12.4. The Labute approximate surface area is 272 Å². The van der Waals surface area contributed by atoms with E-state index in [0.29, 0.717) is 48.2 Å². The van der Waals surface area contributed by atoms with E-state index in [0.717, 1.165) is 19.1 Å². The number of hydrogen-bond acceptors (Lipinski definition) is 6. The monoisotopic (exact) mass is 678 g/mol. The van der Waals surface area contributed by atoms with E-state index in [9.17, 15) is 50.3 Å². The van der Waals surface area contributed by atoms with Crippen LogP contribution in [0.15, 0.2) is 66.7 Å². The first-order chi connectivity index (χ1) is 22.5. The average molecular weight is 679 g/mol. The lowest BCUT2D eigenvalue weighted by Gasteiger charge is -2.38. The third kappa shape index (κ3) is 7.38. The van der Waals surface area contributed by atoms with Gasteiger partial charge in [0.1, 0.15) is 6.29 Å². The van der Waals surface area contributed by atoms with Crippen LogP contribution in [0.25, 0.3) is 0 Å². The molecule has 0 saturated carbocycles. The highest BCUT2D eigenvalue weighted by atomic mass is 19.4. The number of benzene rings is 3. The van der Waals surface area contributed by atoms with Crippen LogP contribution in [0.5, 0.6) is 0 Å². The number of alkyl halides is 6. The summed E-state index contributed by atoms with van der Waals surface area (Å²) in [6.07, 6.45) is -8.09. The summed E-state index contributed by atoms with van der Waals surface area (Å²) in [6, 6.07) is 7.21. The molecule has 0 saturated heterocycles. The highest BCUT2D eigenvalue weighted by molar-refractivity contribution is 6.10. The molecule has 0 bridgehead atoms. The summed E-state index contributed by atoms with van der Waals surface area (Å²) >= 11 is 0. The van der Waals surface area contributed by atoms with Gasteiger partial charge in [0.05, 0.1) is 5.56 Å². The fraction of sp³-hybridized carbons (Fsp3) is 0.265. The Morgan fingerprint density at radius 3 is 1.85 bits per heavy atom. The molecule has 48 heavy (non-hydrogen) atoms. The van der Waals surface area contributed by atoms with Gasteiger partial charge in [-0.05, 0) is 65.9 Å². The Balaban J connectivity index is 0.00000392. The van der Waals surface area contributed by atoms with Crippen molar-refractivity contribution < 1.29 is 55.4 Å². The van der Waals surface area contributed by atoms with E-state index in [2.05, 4.69) is 5.32 Å². The summed E-state index contributed by atoms with van der Waals surface area (Å²) < 4.78 is 89.5. The van der Waals surface area contributed by atoms with Gasteiger partial charge in [-0.25, -0.2) is 0 Å². The Morgan fingerprint density at radius 2 is 1.35 bits per heavy atom. The number of carbonyl (C=O) groups excluding carboxylic acids is 5. The zero-order valence-electron chi connectivity index (χ0n) is 26.4. The highest BCUT2D eigenvalue weighted by Crippen LogP contribution is 2.56. The van der Waals surface area contributed by atoms with Gasteiger partial charge >= 0.3 is 12.4 Å². The molecule has 1 unspecified atom stereocenters. The van der Waals surface area contributed by atoms with Crippen molar-refractivity contribution in [1.29, 1.82) is 0 Å². The van der Waals surface area contributed by atoms with Gasteiger partial charge in [-0.2, -0.15) is 26.3 Å². The van der Waals surface area contributed by atoms with Crippen LogP contribution in [0.1, 0.15) is 88.2 Å². The Morgan fingerprint density at radius 1 is 0.792 bits per heavy atom. The molecule has 256 valence electrons. The standard InChI is InChI=1S/C33H28F6N2O5.CH4O/c1-5-6-19(2)22-11-20(16-42)12-26(14-22)41(4)30(46)28-15-25(8-7-21(28)17-43)31(32(34,35)36,33(37,38)39)24-9-10-27(29(45)40-3)23(13-24)18-44;1-2/h5-19H,1-4H3,(H,40,45);2H,1H3. The van der Waals surface area contributed by atoms with Crippen molar-refractivity contribution in [2.45, 2.75) is 37.5 Å². The summed E-state index contributed by atoms with van der Waals surface area (Å²) in [5, 5.41) is 9.15. The molecule has 0 radical (unpaired) electrons. The third-order valence-electron chi connectivity index (χ3n) is 7.57. The fourth-order valence-corrected chi connectivity index (χ4v) is 5.18. The van der Waals surface area contributed by atoms with E-state index in [4.69, 9.17) is 5.11 Å². The Bertz CT molecular complexity index is 1700. The fourth-order valence-electron chi connectivity index (χ4n) is 5.18. The van der Waals surface area contributed by atoms with E-state index < -0.39 is 63.0 Å². The molecule has 2 N–H and O–H groups in total. The zero-order chi connectivity index (χ0) is 36.6. The number of rotatable bonds is 10. The minimum absolute atomic E-state index is 0.0517. The maximum Gasteiger partial charge on any atom is 0.411 e. The number of nitrogens with one attached hydrogen (secondary N) is 1. The van der Waals surface area contributed by atoms with E-state index in [1.165, 1.54) is 19.2 Å². The van der Waals surface area contributed by atoms with Crippen LogP contribution in [-0.4, -0.2) is 69.3 Å². The molecule has 1 atom stereocenters. The van der Waals surface area contributed by atoms with Gasteiger partial charge in [0.25, 0.3) is 11.8 Å². The van der Waals surface area contributed by atoms with Gasteiger partial charge in [-0.1, -0.05) is 37.3 Å². The number of aliphatic hydroxyl groups is 1. The molecule has 0 aromatic heterocycles. The van der Waals surface area contributed by atoms with Crippen molar-refractivity contribution in [3.8, 4) is 0 Å². The van der Waals surface area contributed by atoms with Crippen LogP contribution >= 0.6 is 0 Å². The Kier molecular flexibility index (Phi) is 12.7. The number of aliphatic hydroxyl groups excluding tert-OH is 1. The lowest BCUT2D eigenvalue weighted by Crippen LogP contribution is -2.55. The molecular weight excluding hydrogens is 646 g/mol. The maximum atomic E-state index is 14.9. The van der Waals surface area contributed by atoms with Crippen LogP contribution in [-0.2, 0) is 5.41 Å². The molecule has 3 rings (SSSR count). The number of hydrogen-bond donors (Lipinski definition) is 2. The molecule has 2 amide bonds. The van der Waals surface area contributed by atoms with Gasteiger partial charge in [0, 0.05) is 49.1 Å². The average Bonchev–Trinajstić information content (AvgIpc) is 3.06. The molecule has 8 nitrogen and oxygen atoms in total. The number of allylic oxidation sites excluding steroid dienone is 2. The summed E-state index contributed by atoms with van der Waals surface area (Å²) in [4.78, 5) is 61.9. The topological polar surface area (TPSA) is 121 Å². The van der Waals surface area contributed by atoms with Crippen molar-refractivity contribution in [2.24, 2.45) is 0 Å². The number of nitrogens with zero attached hydrogens (tertiary/aromatic N) is 1. The van der Waals surface area contributed by atoms with Gasteiger partial charge in [-0.3, -0.25) is 24.0 Å². The molecule has 0 spiro atoms. The number of carbonyl (C=O) groups is 5. The molecule has 0 heterocycles. The smallest absolute Gasteiger partial charge is 0.400 e. The summed E-state index contributed by atoms with van der Waals surface area (Å²) in [5.74, 6) is -2.30. The molecule has 3 aromatic rings. The second kappa shape index (κ2) is 15.7. The lowest BCUT2D eigenvalue weighted by atomic mass is 9.71. The van der Waals surface area contributed by atoms with Crippen LogP contribution in [0.3, 0.4) is 0 Å². The first-order valence-corrected chi connectivity index (χ1v) is 14.0. The van der Waals surface area contributed by atoms with Crippen LogP contribution < -0.4 is 10.2 Å². The van der Waals surface area contributed by atoms with Gasteiger partial charge in [-0.15, -0.1) is 0 Å². The first kappa shape index (κ1) is 39.1. The Hall–Kier alpha value is -5.11. The predicted molar refractivity (Wildman–Crippen MR) is 166 cm³/mol. The van der Waals surface area contributed by atoms with E-state index in [-0.39, 0.29) is 29.7 Å². The predicted octanol–water partition coefficient (Wildman–Crippen LogP) is 6.46. The summed E-state index contributed by atoms with van der Waals surface area (Å²) in [5.41, 5.74) is -9.41. The van der Waals surface area contributed by atoms with E-state index in [1.807, 2.05) is 0 Å². The first-order valence-electron chi connectivity index (χ1n) is 14.0. The van der Waals surface area contributed by atoms with E-state index in [1.54, 1.807) is 32.1 Å². The molecule has 0 aliphatic heterocycles. The minimum Gasteiger partial charge on any atom is -0.400 e. The number of anilines is 1. The lowest BCUT2D eigenvalue weighted by molar-refractivity contribution is -0.288. The molecule has 0 aliphatic rings. The minimum atomic E-state index is -6.11. The number of aldehydes is 3. The second-order valence-corrected chi connectivity index (χ2v) is 10.3. The van der Waals surface area contributed by atoms with Gasteiger partial charge < -0.3 is 15.3 Å². The molecule has 14 heteroatoms. The van der Waals surface area contributed by atoms with Crippen molar-refractivity contribution in [3.63, 3.8) is 0 Å². The quantitative estimate of drug-likeness (QED) is 0.144. The molecule has 0 fully saturated rings. The third-order valence-corrected chi connectivity index (χ3v) is 7.57. The van der Waals surface area contributed by atoms with Crippen molar-refractivity contribution in [1.82, 2.24) is 5.32 Å². The summed E-state index contributed by atoms with van der Waals surface area (Å²) in [6.45, 7) is 3.57. The SMILES string of the molecule is CC=CC(C)c1cc(C=O)cc(N(C)C(=O)c2cc(C(c3ccc(C(=O)NC)c(C=O)c3)(C(F)(F)F)C(F)(F)F)ccc2C=O)c1.CO. The summed E-state index contributed by atoms with van der Waals surface area (Å²) in [7, 11) is 3.34. The van der Waals surface area contributed by atoms with Crippen LogP contribution in [0.2, 0.25) is 0 Å². The van der Waals surface area contributed by atoms with Crippen molar-refractivity contribution in [2.75, 3.05) is 26.1 Å². The van der Waals surface area contributed by atoms with Crippen molar-refractivity contribution in [3.05, 3.63) is 111 Å². The molecule has 3 aromatic carbocycles. The van der Waals surface area contributed by atoms with Crippen LogP contribution in [0.4, 0.5) is 32.0 Å². The van der Waals surface area contributed by atoms with Gasteiger partial charge in [0.15, 0.2) is 12.6 Å². The molecule has 0 aliphatic carbocycles.